The quantitative estimate of drug-likeness (QED) is 0.500. The average molecular weight is 433 g/mol. The van der Waals surface area contributed by atoms with Crippen molar-refractivity contribution in [2.45, 2.75) is 12.3 Å². The van der Waals surface area contributed by atoms with Crippen molar-refractivity contribution in [3.63, 3.8) is 0 Å². The van der Waals surface area contributed by atoms with Gasteiger partial charge in [-0.2, -0.15) is 10.1 Å². The summed E-state index contributed by atoms with van der Waals surface area (Å²) in [7, 11) is 1.63. The summed E-state index contributed by atoms with van der Waals surface area (Å²) < 4.78 is 23.9. The van der Waals surface area contributed by atoms with Crippen LogP contribution in [0.1, 0.15) is 33.7 Å². The molecule has 162 valence electrons. The van der Waals surface area contributed by atoms with Crippen LogP contribution in [0.5, 0.6) is 5.75 Å². The first-order valence-corrected chi connectivity index (χ1v) is 10.2. The number of para-hydroxylation sites is 1. The van der Waals surface area contributed by atoms with Gasteiger partial charge in [-0.1, -0.05) is 23.4 Å². The normalized spacial score (nSPS) is 13.8. The van der Waals surface area contributed by atoms with Crippen LogP contribution in [-0.4, -0.2) is 51.3 Å². The molecule has 0 atom stereocenters. The molecule has 1 saturated heterocycles. The van der Waals surface area contributed by atoms with Gasteiger partial charge in [0.05, 0.1) is 18.7 Å². The summed E-state index contributed by atoms with van der Waals surface area (Å²) in [5.41, 5.74) is 2.68. The summed E-state index contributed by atoms with van der Waals surface area (Å²) in [4.78, 5) is 18.9. The molecule has 1 N–H and O–H groups in total. The summed E-state index contributed by atoms with van der Waals surface area (Å²) in [6.07, 6.45) is 0.503. The highest BCUT2D eigenvalue weighted by molar-refractivity contribution is 5.94. The van der Waals surface area contributed by atoms with Gasteiger partial charge < -0.3 is 14.2 Å². The Morgan fingerprint density at radius 3 is 2.78 bits per heavy atom. The van der Waals surface area contributed by atoms with Gasteiger partial charge in [0.2, 0.25) is 5.89 Å². The van der Waals surface area contributed by atoms with Crippen molar-refractivity contribution in [3.8, 4) is 17.0 Å². The topological polar surface area (TPSA) is 97.1 Å². The molecule has 3 heterocycles. The maximum absolute atomic E-state index is 13.1. The number of nitrogens with one attached hydrogen (secondary N) is 1. The lowest BCUT2D eigenvalue weighted by Gasteiger charge is -2.36. The number of halogens is 1. The number of benzene rings is 2. The Morgan fingerprint density at radius 2 is 2.00 bits per heavy atom. The molecule has 1 aliphatic heterocycles. The number of likely N-dealkylation sites (tertiary alicyclic amines) is 1. The molecule has 8 nitrogen and oxygen atoms in total. The molecule has 32 heavy (non-hydrogen) atoms. The van der Waals surface area contributed by atoms with E-state index in [0.717, 1.165) is 16.9 Å². The van der Waals surface area contributed by atoms with E-state index in [1.807, 2.05) is 24.3 Å². The molecule has 0 aliphatic carbocycles. The smallest absolute Gasteiger partial charge is 0.271 e. The van der Waals surface area contributed by atoms with Gasteiger partial charge in [-0.15, -0.1) is 0 Å². The molecule has 1 fully saturated rings. The summed E-state index contributed by atoms with van der Waals surface area (Å²) >= 11 is 0. The molecule has 0 spiro atoms. The molecule has 2 aromatic heterocycles. The van der Waals surface area contributed by atoms with Gasteiger partial charge in [-0.05, 0) is 36.4 Å². The Hall–Kier alpha value is -4.01. The lowest BCUT2D eigenvalue weighted by molar-refractivity contribution is 0.0563. The van der Waals surface area contributed by atoms with E-state index in [-0.39, 0.29) is 17.6 Å². The Balaban J connectivity index is 1.20. The number of amides is 1. The number of hydrogen-bond donors (Lipinski definition) is 1. The van der Waals surface area contributed by atoms with Gasteiger partial charge in [0.25, 0.3) is 5.91 Å². The second kappa shape index (κ2) is 8.26. The summed E-state index contributed by atoms with van der Waals surface area (Å²) in [5, 5.41) is 11.0. The number of methoxy groups -OCH3 is 1. The lowest BCUT2D eigenvalue weighted by Crippen LogP contribution is -2.48. The minimum Gasteiger partial charge on any atom is -0.496 e. The molecule has 4 aromatic rings. The van der Waals surface area contributed by atoms with E-state index in [1.165, 1.54) is 12.1 Å². The first-order chi connectivity index (χ1) is 15.6. The maximum atomic E-state index is 13.1. The van der Waals surface area contributed by atoms with Gasteiger partial charge in [0.15, 0.2) is 5.82 Å². The third kappa shape index (κ3) is 3.84. The standard InChI is InChI=1S/C23H20FN5O3/c1-31-20-5-3-2-4-15(20)10-21-25-22(32-28-21)16-12-29(13-16)23(30)19-11-18(26-27-19)14-6-8-17(24)9-7-14/h2-9,11,16H,10,12-13H2,1H3,(H,26,27). The first-order valence-electron chi connectivity index (χ1n) is 10.2. The number of carbonyl (C=O) groups is 1. The van der Waals surface area contributed by atoms with Gasteiger partial charge in [0.1, 0.15) is 17.3 Å². The van der Waals surface area contributed by atoms with Crippen LogP contribution in [0, 0.1) is 5.82 Å². The van der Waals surface area contributed by atoms with Crippen molar-refractivity contribution in [2.75, 3.05) is 20.2 Å². The van der Waals surface area contributed by atoms with Gasteiger partial charge in [-0.25, -0.2) is 4.39 Å². The van der Waals surface area contributed by atoms with Gasteiger partial charge >= 0.3 is 0 Å². The Morgan fingerprint density at radius 1 is 1.22 bits per heavy atom. The van der Waals surface area contributed by atoms with Crippen molar-refractivity contribution < 1.29 is 18.4 Å². The van der Waals surface area contributed by atoms with Crippen LogP contribution < -0.4 is 4.74 Å². The zero-order valence-electron chi connectivity index (χ0n) is 17.3. The average Bonchev–Trinajstić information content (AvgIpc) is 3.44. The van der Waals surface area contributed by atoms with Crippen molar-refractivity contribution in [3.05, 3.63) is 83.4 Å². The van der Waals surface area contributed by atoms with Crippen molar-refractivity contribution >= 4 is 5.91 Å². The molecular formula is C23H20FN5O3. The highest BCUT2D eigenvalue weighted by atomic mass is 19.1. The third-order valence-corrected chi connectivity index (χ3v) is 5.49. The third-order valence-electron chi connectivity index (χ3n) is 5.49. The second-order valence-corrected chi connectivity index (χ2v) is 7.62. The molecule has 1 aliphatic rings. The number of nitrogens with zero attached hydrogens (tertiary/aromatic N) is 4. The zero-order valence-corrected chi connectivity index (χ0v) is 17.3. The molecule has 1 amide bonds. The van der Waals surface area contributed by atoms with Crippen LogP contribution >= 0.6 is 0 Å². The van der Waals surface area contributed by atoms with Gasteiger partial charge in [-0.3, -0.25) is 9.89 Å². The van der Waals surface area contributed by atoms with Crippen molar-refractivity contribution in [1.82, 2.24) is 25.2 Å². The van der Waals surface area contributed by atoms with E-state index >= 15 is 0 Å². The molecule has 5 rings (SSSR count). The van der Waals surface area contributed by atoms with Crippen LogP contribution in [0.4, 0.5) is 4.39 Å². The molecule has 0 unspecified atom stereocenters. The predicted molar refractivity (Wildman–Crippen MR) is 113 cm³/mol. The van der Waals surface area contributed by atoms with Crippen LogP contribution in [0.25, 0.3) is 11.3 Å². The molecule has 9 heteroatoms. The number of aromatic amines is 1. The van der Waals surface area contributed by atoms with E-state index < -0.39 is 0 Å². The van der Waals surface area contributed by atoms with Crippen molar-refractivity contribution in [1.29, 1.82) is 0 Å². The molecule has 0 bridgehead atoms. The predicted octanol–water partition coefficient (Wildman–Crippen LogP) is 3.44. The fourth-order valence-electron chi connectivity index (χ4n) is 3.70. The zero-order chi connectivity index (χ0) is 22.1. The van der Waals surface area contributed by atoms with Crippen LogP contribution in [0.2, 0.25) is 0 Å². The first kappa shape index (κ1) is 19.9. The number of H-pyrrole nitrogens is 1. The van der Waals surface area contributed by atoms with E-state index in [0.29, 0.717) is 42.6 Å². The minimum absolute atomic E-state index is 0.00245. The van der Waals surface area contributed by atoms with E-state index in [2.05, 4.69) is 20.3 Å². The van der Waals surface area contributed by atoms with Crippen molar-refractivity contribution in [2.24, 2.45) is 0 Å². The van der Waals surface area contributed by atoms with Crippen LogP contribution in [0.15, 0.2) is 59.1 Å². The van der Waals surface area contributed by atoms with E-state index in [1.54, 1.807) is 30.2 Å². The highest BCUT2D eigenvalue weighted by Gasteiger charge is 2.36. The fourth-order valence-corrected chi connectivity index (χ4v) is 3.70. The van der Waals surface area contributed by atoms with Gasteiger partial charge in [0, 0.05) is 30.6 Å². The number of carbonyl (C=O) groups excluding carboxylic acids is 1. The summed E-state index contributed by atoms with van der Waals surface area (Å²) in [5.74, 6) is 1.40. The van der Waals surface area contributed by atoms with E-state index in [9.17, 15) is 9.18 Å². The lowest BCUT2D eigenvalue weighted by atomic mass is 9.99. The monoisotopic (exact) mass is 433 g/mol. The molecule has 0 radical (unpaired) electrons. The number of hydrogen-bond acceptors (Lipinski definition) is 6. The summed E-state index contributed by atoms with van der Waals surface area (Å²) in [6.45, 7) is 0.972. The number of aromatic nitrogens is 4. The van der Waals surface area contributed by atoms with Crippen LogP contribution in [0.3, 0.4) is 0 Å². The minimum atomic E-state index is -0.320. The maximum Gasteiger partial charge on any atom is 0.271 e. The molecule has 2 aromatic carbocycles. The highest BCUT2D eigenvalue weighted by Crippen LogP contribution is 2.28. The Bertz CT molecular complexity index is 1240. The SMILES string of the molecule is COc1ccccc1Cc1noc(C2CN(C(=O)c3cc(-c4ccc(F)cc4)n[nH]3)C2)n1. The molecular weight excluding hydrogens is 413 g/mol. The Kier molecular flexibility index (Phi) is 5.14. The number of ether oxygens (including phenoxy) is 1. The molecule has 0 saturated carbocycles. The fraction of sp³-hybridized carbons (Fsp3) is 0.217. The summed E-state index contributed by atoms with van der Waals surface area (Å²) in [6, 6.07) is 15.3. The number of rotatable bonds is 6. The second-order valence-electron chi connectivity index (χ2n) is 7.62. The largest absolute Gasteiger partial charge is 0.496 e. The Labute approximate surface area is 183 Å². The van der Waals surface area contributed by atoms with E-state index in [4.69, 9.17) is 9.26 Å². The van der Waals surface area contributed by atoms with Crippen LogP contribution in [-0.2, 0) is 6.42 Å².